The summed E-state index contributed by atoms with van der Waals surface area (Å²) in [5.41, 5.74) is 0.843. The summed E-state index contributed by atoms with van der Waals surface area (Å²) < 4.78 is 60.3. The Morgan fingerprint density at radius 3 is 2.72 bits per heavy atom. The van der Waals surface area contributed by atoms with Gasteiger partial charge in [0.2, 0.25) is 0 Å². The number of alkyl halides is 4. The minimum absolute atomic E-state index is 0.126. The van der Waals surface area contributed by atoms with E-state index in [-0.39, 0.29) is 18.8 Å². The van der Waals surface area contributed by atoms with Gasteiger partial charge < -0.3 is 4.90 Å². The molecule has 0 bridgehead atoms. The van der Waals surface area contributed by atoms with Crippen molar-refractivity contribution >= 4 is 23.4 Å². The fraction of sp³-hybridized carbons (Fsp3) is 0.500. The zero-order valence-electron chi connectivity index (χ0n) is 17.7. The number of imidazole rings is 1. The van der Waals surface area contributed by atoms with Gasteiger partial charge in [-0.2, -0.15) is 5.10 Å². The third kappa shape index (κ3) is 4.01. The molecular weight excluding hydrogens is 446 g/mol. The average Bonchev–Trinajstić information content (AvgIpc) is 3.19. The monoisotopic (exact) mass is 469 g/mol. The van der Waals surface area contributed by atoms with Crippen LogP contribution in [-0.4, -0.2) is 55.9 Å². The Morgan fingerprint density at radius 2 is 2.00 bits per heavy atom. The predicted molar refractivity (Wildman–Crippen MR) is 115 cm³/mol. The first kappa shape index (κ1) is 22.7. The highest BCUT2D eigenvalue weighted by atomic mass is 32.2. The third-order valence-electron chi connectivity index (χ3n) is 5.96. The molecule has 0 saturated carbocycles. The van der Waals surface area contributed by atoms with Gasteiger partial charge in [0, 0.05) is 31.1 Å². The van der Waals surface area contributed by atoms with E-state index in [0.717, 1.165) is 0 Å². The van der Waals surface area contributed by atoms with Gasteiger partial charge >= 0.3 is 0 Å². The Hall–Kier alpha value is -2.47. The van der Waals surface area contributed by atoms with Gasteiger partial charge in [0.1, 0.15) is 23.5 Å². The number of aromatic nitrogens is 5. The maximum atomic E-state index is 14.9. The lowest BCUT2D eigenvalue weighted by atomic mass is 9.80. The van der Waals surface area contributed by atoms with E-state index in [0.29, 0.717) is 22.9 Å². The number of hydrogen-bond donors (Lipinski definition) is 1. The van der Waals surface area contributed by atoms with E-state index in [1.165, 1.54) is 48.0 Å². The molecule has 12 heteroatoms. The van der Waals surface area contributed by atoms with E-state index in [1.807, 2.05) is 4.90 Å². The lowest BCUT2D eigenvalue weighted by Crippen LogP contribution is -2.60. The van der Waals surface area contributed by atoms with Gasteiger partial charge in [0.25, 0.3) is 12.3 Å². The molecule has 7 nitrogen and oxygen atoms in total. The first-order chi connectivity index (χ1) is 15.2. The van der Waals surface area contributed by atoms with Crippen LogP contribution < -0.4 is 9.62 Å². The SMILES string of the molecule is CSNCC1C(C)N(c2cc(-c3cnc4ccc(C(F)F)nn34)ncn2)CC(C)C1(F)F. The second-order valence-electron chi connectivity index (χ2n) is 7.86. The highest BCUT2D eigenvalue weighted by Gasteiger charge is 2.53. The molecule has 4 rings (SSSR count). The quantitative estimate of drug-likeness (QED) is 0.431. The van der Waals surface area contributed by atoms with Crippen LogP contribution >= 0.6 is 11.9 Å². The molecule has 3 atom stereocenters. The molecule has 0 aromatic carbocycles. The van der Waals surface area contributed by atoms with Crippen LogP contribution in [0.1, 0.15) is 26.0 Å². The van der Waals surface area contributed by atoms with Crippen molar-refractivity contribution in [3.8, 4) is 11.4 Å². The van der Waals surface area contributed by atoms with Gasteiger partial charge in [-0.1, -0.05) is 18.9 Å². The summed E-state index contributed by atoms with van der Waals surface area (Å²) in [4.78, 5) is 14.6. The molecule has 0 radical (unpaired) electrons. The fourth-order valence-electron chi connectivity index (χ4n) is 4.09. The van der Waals surface area contributed by atoms with Crippen LogP contribution in [0.4, 0.5) is 23.4 Å². The molecule has 3 aromatic heterocycles. The van der Waals surface area contributed by atoms with Crippen molar-refractivity contribution in [1.29, 1.82) is 0 Å². The summed E-state index contributed by atoms with van der Waals surface area (Å²) >= 11 is 1.30. The minimum Gasteiger partial charge on any atom is -0.353 e. The fourth-order valence-corrected chi connectivity index (χ4v) is 4.44. The number of fused-ring (bicyclic) bond motifs is 1. The molecule has 0 amide bonds. The largest absolute Gasteiger partial charge is 0.353 e. The number of halogens is 4. The van der Waals surface area contributed by atoms with E-state index in [2.05, 4.69) is 24.8 Å². The number of nitrogens with one attached hydrogen (secondary N) is 1. The molecule has 1 aliphatic heterocycles. The van der Waals surface area contributed by atoms with Crippen molar-refractivity contribution in [2.24, 2.45) is 11.8 Å². The first-order valence-corrected chi connectivity index (χ1v) is 11.3. The van der Waals surface area contributed by atoms with E-state index >= 15 is 0 Å². The van der Waals surface area contributed by atoms with E-state index in [4.69, 9.17) is 0 Å². The number of anilines is 1. The normalized spacial score (nSPS) is 23.2. The molecule has 32 heavy (non-hydrogen) atoms. The van der Waals surface area contributed by atoms with E-state index in [1.54, 1.807) is 19.2 Å². The van der Waals surface area contributed by atoms with Gasteiger partial charge in [-0.05, 0) is 25.3 Å². The Kier molecular flexibility index (Phi) is 6.26. The smallest absolute Gasteiger partial charge is 0.282 e. The van der Waals surface area contributed by atoms with Crippen molar-refractivity contribution in [2.75, 3.05) is 24.2 Å². The molecule has 172 valence electrons. The average molecular weight is 470 g/mol. The molecule has 4 heterocycles. The molecule has 3 aromatic rings. The Balaban J connectivity index is 1.70. The molecule has 0 aliphatic carbocycles. The molecule has 0 spiro atoms. The van der Waals surface area contributed by atoms with Crippen LogP contribution in [0.25, 0.3) is 17.0 Å². The summed E-state index contributed by atoms with van der Waals surface area (Å²) in [7, 11) is 0. The molecular formula is C20H23F4N7S. The molecule has 3 unspecified atom stereocenters. The summed E-state index contributed by atoms with van der Waals surface area (Å²) in [6.45, 7) is 3.58. The van der Waals surface area contributed by atoms with Gasteiger partial charge in [-0.3, -0.25) is 4.72 Å². The maximum absolute atomic E-state index is 14.9. The Morgan fingerprint density at radius 1 is 1.22 bits per heavy atom. The standard InChI is InChI=1S/C20H23F4N7S/c1-11-9-30(12(2)13(7-28-32-3)20(11,23)24)18-6-15(26-10-27-18)16-8-25-17-5-4-14(19(21)22)29-31(16)17/h4-6,8,10-13,19,28H,7,9H2,1-3H3. The summed E-state index contributed by atoms with van der Waals surface area (Å²) in [6.07, 6.45) is 1.90. The minimum atomic E-state index is -2.83. The van der Waals surface area contributed by atoms with Crippen molar-refractivity contribution < 1.29 is 17.6 Å². The van der Waals surface area contributed by atoms with Crippen LogP contribution in [0.15, 0.2) is 30.7 Å². The number of hydrogen-bond acceptors (Lipinski definition) is 7. The van der Waals surface area contributed by atoms with Crippen LogP contribution in [-0.2, 0) is 0 Å². The molecule has 1 fully saturated rings. The summed E-state index contributed by atoms with van der Waals surface area (Å²) in [6, 6.07) is 3.85. The zero-order valence-corrected chi connectivity index (χ0v) is 18.5. The van der Waals surface area contributed by atoms with Crippen molar-refractivity contribution in [1.82, 2.24) is 29.3 Å². The molecule has 1 aliphatic rings. The second-order valence-corrected chi connectivity index (χ2v) is 8.56. The van der Waals surface area contributed by atoms with Gasteiger partial charge in [-0.25, -0.2) is 37.0 Å². The maximum Gasteiger partial charge on any atom is 0.282 e. The van der Waals surface area contributed by atoms with Crippen LogP contribution in [0, 0.1) is 11.8 Å². The van der Waals surface area contributed by atoms with Gasteiger partial charge in [0.05, 0.1) is 17.8 Å². The van der Waals surface area contributed by atoms with E-state index in [9.17, 15) is 17.6 Å². The summed E-state index contributed by atoms with van der Waals surface area (Å²) in [5, 5.41) is 3.97. The lowest BCUT2D eigenvalue weighted by molar-refractivity contribution is -0.120. The van der Waals surface area contributed by atoms with Crippen molar-refractivity contribution in [2.45, 2.75) is 32.2 Å². The number of rotatable bonds is 6. The summed E-state index contributed by atoms with van der Waals surface area (Å²) in [5.74, 6) is -4.13. The van der Waals surface area contributed by atoms with E-state index < -0.39 is 30.2 Å². The van der Waals surface area contributed by atoms with Crippen molar-refractivity contribution in [3.63, 3.8) is 0 Å². The van der Waals surface area contributed by atoms with Crippen molar-refractivity contribution in [3.05, 3.63) is 36.4 Å². The van der Waals surface area contributed by atoms with Gasteiger partial charge in [0.15, 0.2) is 5.65 Å². The van der Waals surface area contributed by atoms with Crippen LogP contribution in [0.2, 0.25) is 0 Å². The lowest BCUT2D eigenvalue weighted by Gasteiger charge is -2.47. The second kappa shape index (κ2) is 8.81. The highest BCUT2D eigenvalue weighted by Crippen LogP contribution is 2.42. The Bertz CT molecular complexity index is 1090. The number of piperidine rings is 1. The highest BCUT2D eigenvalue weighted by molar-refractivity contribution is 7.96. The topological polar surface area (TPSA) is 71.2 Å². The third-order valence-corrected chi connectivity index (χ3v) is 6.41. The van der Waals surface area contributed by atoms with Crippen LogP contribution in [0.3, 0.4) is 0 Å². The molecule has 1 N–H and O–H groups in total. The van der Waals surface area contributed by atoms with Crippen LogP contribution in [0.5, 0.6) is 0 Å². The predicted octanol–water partition coefficient (Wildman–Crippen LogP) is 4.09. The molecule has 1 saturated heterocycles. The number of nitrogens with zero attached hydrogens (tertiary/aromatic N) is 6. The zero-order chi connectivity index (χ0) is 23.0. The first-order valence-electron chi connectivity index (χ1n) is 10.1. The Labute approximate surface area is 186 Å². The van der Waals surface area contributed by atoms with Gasteiger partial charge in [-0.15, -0.1) is 0 Å².